The highest BCUT2D eigenvalue weighted by Crippen LogP contribution is 2.41. The Morgan fingerprint density at radius 2 is 0.796 bits per heavy atom. The van der Waals surface area contributed by atoms with E-state index in [1.54, 1.807) is 0 Å². The van der Waals surface area contributed by atoms with Gasteiger partial charge >= 0.3 is 0 Å². The van der Waals surface area contributed by atoms with Crippen molar-refractivity contribution in [3.63, 3.8) is 0 Å². The Morgan fingerprint density at radius 1 is 0.278 bits per heavy atom. The summed E-state index contributed by atoms with van der Waals surface area (Å²) < 4.78 is 2.65. The first-order chi connectivity index (χ1) is 26.7. The van der Waals surface area contributed by atoms with Gasteiger partial charge in [-0.2, -0.15) is 0 Å². The summed E-state index contributed by atoms with van der Waals surface area (Å²) in [6.07, 6.45) is 0. The van der Waals surface area contributed by atoms with Crippen LogP contribution in [0.2, 0.25) is 0 Å². The number of benzene rings is 9. The van der Waals surface area contributed by atoms with E-state index in [0.717, 1.165) is 17.1 Å². The van der Waals surface area contributed by atoms with Gasteiger partial charge in [-0.25, -0.2) is 0 Å². The number of anilines is 3. The van der Waals surface area contributed by atoms with E-state index in [0.29, 0.717) is 0 Å². The van der Waals surface area contributed by atoms with Crippen LogP contribution in [-0.2, 0) is 0 Å². The zero-order chi connectivity index (χ0) is 35.8. The summed E-state index contributed by atoms with van der Waals surface area (Å²) in [5.74, 6) is 0. The minimum atomic E-state index is 1.11. The Kier molecular flexibility index (Phi) is 8.09. The van der Waals surface area contributed by atoms with Gasteiger partial charge in [0.05, 0.1) is 0 Å². The van der Waals surface area contributed by atoms with Crippen LogP contribution in [0.1, 0.15) is 0 Å². The van der Waals surface area contributed by atoms with E-state index in [2.05, 4.69) is 217 Å². The molecule has 0 spiro atoms. The van der Waals surface area contributed by atoms with Crippen LogP contribution in [0.25, 0.3) is 75.5 Å². The van der Waals surface area contributed by atoms with Crippen LogP contribution in [0.15, 0.2) is 212 Å². The van der Waals surface area contributed by atoms with Gasteiger partial charge in [-0.3, -0.25) is 0 Å². The monoisotopic (exact) mass is 705 g/mol. The van der Waals surface area contributed by atoms with E-state index in [1.807, 2.05) is 11.3 Å². The van der Waals surface area contributed by atoms with E-state index in [1.165, 1.54) is 75.5 Å². The molecule has 0 N–H and O–H groups in total. The maximum absolute atomic E-state index is 2.37. The van der Waals surface area contributed by atoms with Gasteiger partial charge in [0.15, 0.2) is 0 Å². The summed E-state index contributed by atoms with van der Waals surface area (Å²) in [4.78, 5) is 2.37. The third-order valence-electron chi connectivity index (χ3n) is 10.5. The molecule has 0 aliphatic heterocycles. The first-order valence-electron chi connectivity index (χ1n) is 18.4. The average Bonchev–Trinajstić information content (AvgIpc) is 3.63. The first kappa shape index (κ1) is 32.0. The number of rotatable bonds is 7. The molecule has 0 unspecified atom stereocenters. The van der Waals surface area contributed by atoms with E-state index in [-0.39, 0.29) is 0 Å². The van der Waals surface area contributed by atoms with Crippen LogP contribution in [0.3, 0.4) is 0 Å². The summed E-state index contributed by atoms with van der Waals surface area (Å²) in [5.41, 5.74) is 13.0. The number of hydrogen-bond acceptors (Lipinski definition) is 2. The van der Waals surface area contributed by atoms with Gasteiger partial charge in [0.1, 0.15) is 0 Å². The maximum atomic E-state index is 2.37. The predicted octanol–water partition coefficient (Wildman–Crippen LogP) is 15.3. The van der Waals surface area contributed by atoms with Gasteiger partial charge < -0.3 is 4.90 Å². The van der Waals surface area contributed by atoms with Crippen molar-refractivity contribution in [3.05, 3.63) is 212 Å². The third-order valence-corrected chi connectivity index (χ3v) is 11.6. The van der Waals surface area contributed by atoms with Gasteiger partial charge in [-0.1, -0.05) is 152 Å². The number of thiophene rings is 1. The molecular formula is C52H35NS. The minimum Gasteiger partial charge on any atom is -0.310 e. The van der Waals surface area contributed by atoms with E-state index < -0.39 is 0 Å². The Balaban J connectivity index is 1.04. The van der Waals surface area contributed by atoms with E-state index >= 15 is 0 Å². The number of hydrogen-bond donors (Lipinski definition) is 0. The SMILES string of the molecule is c1ccc(-c2ccc(N(c3ccc(-c4ccc5sc6ccccc6c5c4)cc3)c3cccc(-c4cccc(-c5cccc6ccccc56)c4)c3)cc2)cc1. The second-order valence-corrected chi connectivity index (χ2v) is 14.8. The standard InChI is InChI=1S/C52H35NS/c1-2-11-36(12-3-1)37-23-28-44(29-24-37)53(45-30-25-38(26-31-45)42-27-32-52-50(35-42)49-20-6-7-22-51(49)54-52)46-18-9-16-41(34-46)40-15-8-17-43(33-40)48-21-10-14-39-13-4-5-19-47(39)48/h1-35H. The molecule has 0 aliphatic rings. The van der Waals surface area contributed by atoms with Crippen LogP contribution >= 0.6 is 11.3 Å². The van der Waals surface area contributed by atoms with Crippen molar-refractivity contribution in [1.29, 1.82) is 0 Å². The van der Waals surface area contributed by atoms with Crippen LogP contribution < -0.4 is 4.90 Å². The summed E-state index contributed by atoms with van der Waals surface area (Å²) >= 11 is 1.86. The highest BCUT2D eigenvalue weighted by molar-refractivity contribution is 7.25. The largest absolute Gasteiger partial charge is 0.310 e. The molecule has 0 aliphatic carbocycles. The molecule has 0 amide bonds. The quantitative estimate of drug-likeness (QED) is 0.160. The molecule has 254 valence electrons. The zero-order valence-electron chi connectivity index (χ0n) is 29.6. The Bertz CT molecular complexity index is 2920. The van der Waals surface area contributed by atoms with Gasteiger partial charge in [0.2, 0.25) is 0 Å². The Morgan fingerprint density at radius 3 is 1.59 bits per heavy atom. The van der Waals surface area contributed by atoms with Crippen molar-refractivity contribution < 1.29 is 0 Å². The molecule has 0 fully saturated rings. The van der Waals surface area contributed by atoms with Gasteiger partial charge in [-0.05, 0) is 116 Å². The Hall–Kier alpha value is -6.74. The fourth-order valence-corrected chi connectivity index (χ4v) is 8.84. The van der Waals surface area contributed by atoms with Crippen LogP contribution in [0.5, 0.6) is 0 Å². The molecule has 0 atom stereocenters. The molecule has 0 saturated carbocycles. The third kappa shape index (κ3) is 5.93. The smallest absolute Gasteiger partial charge is 0.0467 e. The van der Waals surface area contributed by atoms with Crippen molar-refractivity contribution >= 4 is 59.3 Å². The van der Waals surface area contributed by atoms with Crippen LogP contribution in [-0.4, -0.2) is 0 Å². The van der Waals surface area contributed by atoms with Crippen molar-refractivity contribution in [2.75, 3.05) is 4.90 Å². The van der Waals surface area contributed by atoms with Crippen molar-refractivity contribution in [2.45, 2.75) is 0 Å². The lowest BCUT2D eigenvalue weighted by atomic mass is 9.95. The second kappa shape index (κ2) is 13.7. The summed E-state index contributed by atoms with van der Waals surface area (Å²) in [7, 11) is 0. The lowest BCUT2D eigenvalue weighted by molar-refractivity contribution is 1.28. The molecule has 10 rings (SSSR count). The van der Waals surface area contributed by atoms with E-state index in [4.69, 9.17) is 0 Å². The topological polar surface area (TPSA) is 3.24 Å². The zero-order valence-corrected chi connectivity index (χ0v) is 30.4. The molecule has 2 heteroatoms. The van der Waals surface area contributed by atoms with Crippen molar-refractivity contribution in [1.82, 2.24) is 0 Å². The maximum Gasteiger partial charge on any atom is 0.0467 e. The molecule has 10 aromatic rings. The average molecular weight is 706 g/mol. The summed E-state index contributed by atoms with van der Waals surface area (Å²) in [6.45, 7) is 0. The summed E-state index contributed by atoms with van der Waals surface area (Å²) in [5, 5.41) is 5.16. The molecular weight excluding hydrogens is 671 g/mol. The van der Waals surface area contributed by atoms with Crippen LogP contribution in [0, 0.1) is 0 Å². The lowest BCUT2D eigenvalue weighted by Gasteiger charge is -2.26. The fourth-order valence-electron chi connectivity index (χ4n) is 7.76. The second-order valence-electron chi connectivity index (χ2n) is 13.8. The highest BCUT2D eigenvalue weighted by atomic mass is 32.1. The molecule has 1 nitrogen and oxygen atoms in total. The van der Waals surface area contributed by atoms with E-state index in [9.17, 15) is 0 Å². The first-order valence-corrected chi connectivity index (χ1v) is 19.2. The van der Waals surface area contributed by atoms with Crippen LogP contribution in [0.4, 0.5) is 17.1 Å². The molecule has 1 aromatic heterocycles. The lowest BCUT2D eigenvalue weighted by Crippen LogP contribution is -2.10. The molecule has 0 bridgehead atoms. The predicted molar refractivity (Wildman–Crippen MR) is 233 cm³/mol. The number of nitrogens with zero attached hydrogens (tertiary/aromatic N) is 1. The number of fused-ring (bicyclic) bond motifs is 4. The molecule has 0 radical (unpaired) electrons. The van der Waals surface area contributed by atoms with Crippen molar-refractivity contribution in [3.8, 4) is 44.5 Å². The molecule has 54 heavy (non-hydrogen) atoms. The molecule has 9 aromatic carbocycles. The van der Waals surface area contributed by atoms with Gasteiger partial charge in [0.25, 0.3) is 0 Å². The fraction of sp³-hybridized carbons (Fsp3) is 0. The molecule has 1 heterocycles. The van der Waals surface area contributed by atoms with Gasteiger partial charge in [0, 0.05) is 37.2 Å². The molecule has 0 saturated heterocycles. The normalized spacial score (nSPS) is 11.3. The van der Waals surface area contributed by atoms with Gasteiger partial charge in [-0.15, -0.1) is 11.3 Å². The van der Waals surface area contributed by atoms with Crippen molar-refractivity contribution in [2.24, 2.45) is 0 Å². The minimum absolute atomic E-state index is 1.11. The summed E-state index contributed by atoms with van der Waals surface area (Å²) in [6, 6.07) is 77.1. The highest BCUT2D eigenvalue weighted by Gasteiger charge is 2.15. The Labute approximate surface area is 319 Å².